The molecule has 0 bridgehead atoms. The molecule has 0 spiro atoms. The van der Waals surface area contributed by atoms with Crippen LogP contribution >= 0.6 is 45.9 Å². The Kier molecular flexibility index (Phi) is 5.20. The highest BCUT2D eigenvalue weighted by atomic mass is 35.5. The zero-order valence-electron chi connectivity index (χ0n) is 12.0. The molecule has 0 saturated carbocycles. The van der Waals surface area contributed by atoms with Gasteiger partial charge in [0, 0.05) is 11.4 Å². The summed E-state index contributed by atoms with van der Waals surface area (Å²) in [6.07, 6.45) is 0. The Labute approximate surface area is 156 Å². The predicted molar refractivity (Wildman–Crippen MR) is 101 cm³/mol. The third-order valence-electron chi connectivity index (χ3n) is 2.97. The van der Waals surface area contributed by atoms with Crippen LogP contribution in [0.25, 0.3) is 0 Å². The number of hydrogen-bond acceptors (Lipinski definition) is 4. The van der Waals surface area contributed by atoms with Crippen molar-refractivity contribution < 1.29 is 9.59 Å². The van der Waals surface area contributed by atoms with Gasteiger partial charge in [0.2, 0.25) is 0 Å². The number of benzene rings is 1. The number of hydrogen-bond donors (Lipinski definition) is 2. The van der Waals surface area contributed by atoms with Gasteiger partial charge in [-0.25, -0.2) is 0 Å². The van der Waals surface area contributed by atoms with Crippen molar-refractivity contribution in [3.8, 4) is 0 Å². The van der Waals surface area contributed by atoms with Crippen LogP contribution in [0.2, 0.25) is 8.67 Å². The number of carbonyl (C=O) groups excluding carboxylic acids is 2. The molecule has 24 heavy (non-hydrogen) atoms. The number of anilines is 2. The first-order valence-electron chi connectivity index (χ1n) is 6.75. The molecule has 2 amide bonds. The molecule has 8 heteroatoms. The second-order valence-corrected chi connectivity index (χ2v) is 8.13. The van der Waals surface area contributed by atoms with Crippen LogP contribution in [0, 0.1) is 0 Å². The Morgan fingerprint density at radius 1 is 0.750 bits per heavy atom. The van der Waals surface area contributed by atoms with Crippen molar-refractivity contribution in [2.75, 3.05) is 10.6 Å². The molecule has 2 N–H and O–H groups in total. The smallest absolute Gasteiger partial charge is 0.265 e. The first kappa shape index (κ1) is 17.0. The van der Waals surface area contributed by atoms with Gasteiger partial charge in [-0.1, -0.05) is 29.3 Å². The minimum absolute atomic E-state index is 0.250. The fourth-order valence-electron chi connectivity index (χ4n) is 1.93. The summed E-state index contributed by atoms with van der Waals surface area (Å²) in [6.45, 7) is 0. The van der Waals surface area contributed by atoms with Crippen LogP contribution in [0.1, 0.15) is 19.3 Å². The summed E-state index contributed by atoms with van der Waals surface area (Å²) in [7, 11) is 0. The summed E-state index contributed by atoms with van der Waals surface area (Å²) in [5.74, 6) is -0.499. The monoisotopic (exact) mass is 396 g/mol. The van der Waals surface area contributed by atoms with Crippen molar-refractivity contribution in [1.82, 2.24) is 0 Å². The lowest BCUT2D eigenvalue weighted by Gasteiger charge is -2.07. The second-order valence-electron chi connectivity index (χ2n) is 4.70. The second kappa shape index (κ2) is 7.36. The first-order valence-corrected chi connectivity index (χ1v) is 9.13. The SMILES string of the molecule is O=C(Nc1cccc(NC(=O)c2ccc(Cl)s2)c1)c1ccc(Cl)s1. The molecule has 1 aromatic carbocycles. The van der Waals surface area contributed by atoms with Crippen LogP contribution in [0.15, 0.2) is 48.5 Å². The van der Waals surface area contributed by atoms with Gasteiger partial charge < -0.3 is 10.6 Å². The fraction of sp³-hybridized carbons (Fsp3) is 0. The average molecular weight is 397 g/mol. The summed E-state index contributed by atoms with van der Waals surface area (Å²) in [5.41, 5.74) is 1.15. The summed E-state index contributed by atoms with van der Waals surface area (Å²) >= 11 is 14.1. The van der Waals surface area contributed by atoms with Crippen molar-refractivity contribution >= 4 is 69.1 Å². The molecule has 2 heterocycles. The zero-order chi connectivity index (χ0) is 17.1. The third-order valence-corrected chi connectivity index (χ3v) is 5.43. The van der Waals surface area contributed by atoms with E-state index >= 15 is 0 Å². The van der Waals surface area contributed by atoms with Gasteiger partial charge in [-0.2, -0.15) is 0 Å². The molecule has 0 aliphatic carbocycles. The van der Waals surface area contributed by atoms with Gasteiger partial charge in [0.1, 0.15) is 0 Å². The molecule has 4 nitrogen and oxygen atoms in total. The van der Waals surface area contributed by atoms with E-state index in [0.29, 0.717) is 29.8 Å². The van der Waals surface area contributed by atoms with E-state index in [2.05, 4.69) is 10.6 Å². The lowest BCUT2D eigenvalue weighted by molar-refractivity contribution is 0.102. The van der Waals surface area contributed by atoms with Crippen LogP contribution in [0.4, 0.5) is 11.4 Å². The quantitative estimate of drug-likeness (QED) is 0.600. The normalized spacial score (nSPS) is 10.4. The number of carbonyl (C=O) groups is 2. The van der Waals surface area contributed by atoms with Gasteiger partial charge in [0.15, 0.2) is 0 Å². The van der Waals surface area contributed by atoms with Gasteiger partial charge in [-0.05, 0) is 42.5 Å². The molecule has 0 aliphatic heterocycles. The third kappa shape index (κ3) is 4.15. The topological polar surface area (TPSA) is 58.2 Å². The number of amides is 2. The van der Waals surface area contributed by atoms with E-state index in [9.17, 15) is 9.59 Å². The van der Waals surface area contributed by atoms with Crippen molar-refractivity contribution in [1.29, 1.82) is 0 Å². The van der Waals surface area contributed by atoms with Crippen molar-refractivity contribution in [3.63, 3.8) is 0 Å². The van der Waals surface area contributed by atoms with E-state index in [0.717, 1.165) is 0 Å². The van der Waals surface area contributed by atoms with Gasteiger partial charge in [0.05, 0.1) is 18.4 Å². The minimum Gasteiger partial charge on any atom is -0.321 e. The summed E-state index contributed by atoms with van der Waals surface area (Å²) in [4.78, 5) is 25.3. The minimum atomic E-state index is -0.250. The van der Waals surface area contributed by atoms with Crippen LogP contribution in [-0.2, 0) is 0 Å². The van der Waals surface area contributed by atoms with Gasteiger partial charge >= 0.3 is 0 Å². The highest BCUT2D eigenvalue weighted by Crippen LogP contribution is 2.25. The zero-order valence-corrected chi connectivity index (χ0v) is 15.2. The maximum absolute atomic E-state index is 12.1. The van der Waals surface area contributed by atoms with E-state index in [1.54, 1.807) is 48.5 Å². The number of nitrogens with one attached hydrogen (secondary N) is 2. The molecule has 3 rings (SSSR count). The Balaban J connectivity index is 1.70. The maximum Gasteiger partial charge on any atom is 0.265 e. The van der Waals surface area contributed by atoms with Crippen molar-refractivity contribution in [3.05, 3.63) is 67.0 Å². The van der Waals surface area contributed by atoms with E-state index in [-0.39, 0.29) is 11.8 Å². The van der Waals surface area contributed by atoms with Crippen molar-refractivity contribution in [2.24, 2.45) is 0 Å². The maximum atomic E-state index is 12.1. The van der Waals surface area contributed by atoms with E-state index in [1.807, 2.05) is 0 Å². The van der Waals surface area contributed by atoms with Gasteiger partial charge in [-0.15, -0.1) is 22.7 Å². The summed E-state index contributed by atoms with van der Waals surface area (Å²) in [6, 6.07) is 13.6. The Hall–Kier alpha value is -1.86. The highest BCUT2D eigenvalue weighted by Gasteiger charge is 2.11. The molecular formula is C16H10Cl2N2O2S2. The standard InChI is InChI=1S/C16H10Cl2N2O2S2/c17-13-6-4-11(23-13)15(21)19-9-2-1-3-10(8-9)20-16(22)12-5-7-14(18)24-12/h1-8H,(H,19,21)(H,20,22). The average Bonchev–Trinajstić information content (AvgIpc) is 3.16. The summed E-state index contributed by atoms with van der Waals surface area (Å²) in [5, 5.41) is 5.54. The highest BCUT2D eigenvalue weighted by molar-refractivity contribution is 7.18. The fourth-order valence-corrected chi connectivity index (χ4v) is 3.81. The molecule has 122 valence electrons. The Morgan fingerprint density at radius 3 is 1.58 bits per heavy atom. The van der Waals surface area contributed by atoms with Crippen LogP contribution in [0.5, 0.6) is 0 Å². The molecule has 0 fully saturated rings. The van der Waals surface area contributed by atoms with Crippen LogP contribution in [-0.4, -0.2) is 11.8 Å². The molecular weight excluding hydrogens is 387 g/mol. The lowest BCUT2D eigenvalue weighted by Crippen LogP contribution is -2.12. The molecule has 3 aromatic rings. The largest absolute Gasteiger partial charge is 0.321 e. The van der Waals surface area contributed by atoms with Gasteiger partial charge in [0.25, 0.3) is 11.8 Å². The van der Waals surface area contributed by atoms with E-state index < -0.39 is 0 Å². The molecule has 0 saturated heterocycles. The first-order chi connectivity index (χ1) is 11.5. The summed E-state index contributed by atoms with van der Waals surface area (Å²) < 4.78 is 1.10. The Bertz CT molecular complexity index is 835. The molecule has 2 aromatic heterocycles. The lowest BCUT2D eigenvalue weighted by atomic mass is 10.2. The molecule has 0 radical (unpaired) electrons. The van der Waals surface area contributed by atoms with Gasteiger partial charge in [-0.3, -0.25) is 9.59 Å². The number of halogens is 2. The molecule has 0 aliphatic rings. The van der Waals surface area contributed by atoms with Crippen molar-refractivity contribution in [2.45, 2.75) is 0 Å². The number of rotatable bonds is 4. The number of thiophene rings is 2. The van der Waals surface area contributed by atoms with E-state index in [4.69, 9.17) is 23.2 Å². The van der Waals surface area contributed by atoms with E-state index in [1.165, 1.54) is 22.7 Å². The molecule has 0 unspecified atom stereocenters. The van der Waals surface area contributed by atoms with Crippen LogP contribution < -0.4 is 10.6 Å². The molecule has 0 atom stereocenters. The predicted octanol–water partition coefficient (Wildman–Crippen LogP) is 5.62. The van der Waals surface area contributed by atoms with Crippen LogP contribution in [0.3, 0.4) is 0 Å². The Morgan fingerprint density at radius 2 is 1.21 bits per heavy atom.